The summed E-state index contributed by atoms with van der Waals surface area (Å²) in [5, 5.41) is 5.06. The highest BCUT2D eigenvalue weighted by Crippen LogP contribution is 2.24. The number of hydrogen-bond donors (Lipinski definition) is 0. The highest BCUT2D eigenvalue weighted by Gasteiger charge is 2.16. The molecule has 0 saturated carbocycles. The van der Waals surface area contributed by atoms with Gasteiger partial charge in [-0.1, -0.05) is 29.3 Å². The van der Waals surface area contributed by atoms with Crippen molar-refractivity contribution in [1.82, 2.24) is 9.78 Å². The molecule has 0 saturated heterocycles. The maximum atomic E-state index is 12.2. The van der Waals surface area contributed by atoms with Crippen LogP contribution in [0.15, 0.2) is 28.9 Å². The molecule has 0 atom stereocenters. The highest BCUT2D eigenvalue weighted by atomic mass is 79.9. The van der Waals surface area contributed by atoms with E-state index in [1.165, 1.54) is 4.68 Å². The van der Waals surface area contributed by atoms with Gasteiger partial charge >= 0.3 is 0 Å². The lowest BCUT2D eigenvalue weighted by Crippen LogP contribution is -2.10. The van der Waals surface area contributed by atoms with Crippen LogP contribution in [0.25, 0.3) is 0 Å². The van der Waals surface area contributed by atoms with Crippen LogP contribution in [0.4, 0.5) is 0 Å². The van der Waals surface area contributed by atoms with E-state index in [9.17, 15) is 4.79 Å². The fourth-order valence-corrected chi connectivity index (χ4v) is 2.69. The maximum Gasteiger partial charge on any atom is 0.186 e. The molecule has 0 radical (unpaired) electrons. The number of nitrogens with zero attached hydrogens (tertiary/aromatic N) is 2. The van der Waals surface area contributed by atoms with Crippen LogP contribution in [0.5, 0.6) is 0 Å². The summed E-state index contributed by atoms with van der Waals surface area (Å²) in [6.07, 6.45) is 1.81. The van der Waals surface area contributed by atoms with E-state index < -0.39 is 0 Å². The zero-order valence-electron chi connectivity index (χ0n) is 9.45. The van der Waals surface area contributed by atoms with Crippen LogP contribution in [-0.4, -0.2) is 15.6 Å². The maximum absolute atomic E-state index is 12.2. The molecule has 0 aliphatic rings. The number of aromatic nitrogens is 2. The van der Waals surface area contributed by atoms with Gasteiger partial charge in [0.25, 0.3) is 0 Å². The van der Waals surface area contributed by atoms with Crippen LogP contribution in [0, 0.1) is 0 Å². The number of hydrogen-bond acceptors (Lipinski definition) is 2. The topological polar surface area (TPSA) is 34.9 Å². The van der Waals surface area contributed by atoms with Gasteiger partial charge in [-0.25, -0.2) is 0 Å². The zero-order chi connectivity index (χ0) is 13.3. The molecule has 6 heteroatoms. The average molecular weight is 348 g/mol. The Morgan fingerprint density at radius 1 is 1.44 bits per heavy atom. The molecule has 0 aliphatic heterocycles. The minimum Gasteiger partial charge on any atom is -0.292 e. The van der Waals surface area contributed by atoms with Gasteiger partial charge < -0.3 is 0 Å². The van der Waals surface area contributed by atoms with Crippen LogP contribution in [0.3, 0.4) is 0 Å². The Hall–Kier alpha value is -0.840. The number of carbonyl (C=O) groups is 1. The lowest BCUT2D eigenvalue weighted by molar-refractivity contribution is 0.0983. The van der Waals surface area contributed by atoms with Gasteiger partial charge in [0.15, 0.2) is 5.78 Å². The number of aryl methyl sites for hydroxylation is 1. The van der Waals surface area contributed by atoms with Crippen molar-refractivity contribution >= 4 is 44.9 Å². The second-order valence-electron chi connectivity index (χ2n) is 3.80. The summed E-state index contributed by atoms with van der Waals surface area (Å²) in [6.45, 7) is 0. The molecule has 1 aromatic carbocycles. The molecule has 0 unspecified atom stereocenters. The molecule has 0 amide bonds. The Morgan fingerprint density at radius 2 is 2.17 bits per heavy atom. The largest absolute Gasteiger partial charge is 0.292 e. The molecule has 2 aromatic rings. The first-order valence-corrected chi connectivity index (χ1v) is 6.68. The van der Waals surface area contributed by atoms with E-state index in [0.29, 0.717) is 20.2 Å². The molecule has 0 bridgehead atoms. The first-order valence-electron chi connectivity index (χ1n) is 5.13. The van der Waals surface area contributed by atoms with Gasteiger partial charge in [0, 0.05) is 23.5 Å². The van der Waals surface area contributed by atoms with Crippen LogP contribution in [0.2, 0.25) is 10.0 Å². The Bertz CT molecular complexity index is 591. The SMILES string of the molecule is Cn1ncc(Br)c1C(=O)Cc1ccc(Cl)cc1Cl. The normalized spacial score (nSPS) is 10.7. The third-order valence-corrected chi connectivity index (χ3v) is 3.69. The van der Waals surface area contributed by atoms with E-state index in [1.807, 2.05) is 0 Å². The number of benzene rings is 1. The summed E-state index contributed by atoms with van der Waals surface area (Å²) in [5.41, 5.74) is 1.28. The predicted octanol–water partition coefficient (Wildman–Crippen LogP) is 3.91. The first-order chi connectivity index (χ1) is 8.49. The lowest BCUT2D eigenvalue weighted by Gasteiger charge is -2.05. The highest BCUT2D eigenvalue weighted by molar-refractivity contribution is 9.10. The fourth-order valence-electron chi connectivity index (χ4n) is 1.65. The molecule has 94 valence electrons. The molecule has 18 heavy (non-hydrogen) atoms. The minimum atomic E-state index is -0.0499. The second-order valence-corrected chi connectivity index (χ2v) is 5.50. The van der Waals surface area contributed by atoms with Crippen molar-refractivity contribution in [3.05, 3.63) is 50.2 Å². The van der Waals surface area contributed by atoms with Crippen molar-refractivity contribution in [3.8, 4) is 0 Å². The quantitative estimate of drug-likeness (QED) is 0.789. The van der Waals surface area contributed by atoms with Gasteiger partial charge in [-0.15, -0.1) is 0 Å². The third kappa shape index (κ3) is 2.76. The molecule has 1 heterocycles. The van der Waals surface area contributed by atoms with Crippen LogP contribution >= 0.6 is 39.1 Å². The van der Waals surface area contributed by atoms with E-state index in [-0.39, 0.29) is 12.2 Å². The van der Waals surface area contributed by atoms with Gasteiger partial charge in [0.2, 0.25) is 0 Å². The Kier molecular flexibility index (Phi) is 4.10. The first kappa shape index (κ1) is 13.6. The molecule has 3 nitrogen and oxygen atoms in total. The van der Waals surface area contributed by atoms with E-state index >= 15 is 0 Å². The average Bonchev–Trinajstić information content (AvgIpc) is 2.62. The molecule has 0 spiro atoms. The van der Waals surface area contributed by atoms with Crippen molar-refractivity contribution in [2.24, 2.45) is 7.05 Å². The summed E-state index contributed by atoms with van der Waals surface area (Å²) in [7, 11) is 1.72. The van der Waals surface area contributed by atoms with Crippen molar-refractivity contribution in [3.63, 3.8) is 0 Å². The van der Waals surface area contributed by atoms with Crippen molar-refractivity contribution in [2.45, 2.75) is 6.42 Å². The van der Waals surface area contributed by atoms with E-state index in [0.717, 1.165) is 5.56 Å². The Labute approximate surface area is 123 Å². The predicted molar refractivity (Wildman–Crippen MR) is 75.4 cm³/mol. The number of ketones is 1. The van der Waals surface area contributed by atoms with Crippen molar-refractivity contribution < 1.29 is 4.79 Å². The lowest BCUT2D eigenvalue weighted by atomic mass is 10.1. The van der Waals surface area contributed by atoms with E-state index in [1.54, 1.807) is 31.4 Å². The third-order valence-electron chi connectivity index (χ3n) is 2.52. The van der Waals surface area contributed by atoms with E-state index in [2.05, 4.69) is 21.0 Å². The van der Waals surface area contributed by atoms with Gasteiger partial charge in [0.05, 0.1) is 10.7 Å². The van der Waals surface area contributed by atoms with Gasteiger partial charge in [-0.3, -0.25) is 9.48 Å². The Morgan fingerprint density at radius 3 is 2.72 bits per heavy atom. The number of halogens is 3. The minimum absolute atomic E-state index is 0.0499. The molecular formula is C12H9BrCl2N2O. The van der Waals surface area contributed by atoms with Crippen molar-refractivity contribution in [2.75, 3.05) is 0 Å². The van der Waals surface area contributed by atoms with Crippen LogP contribution in [0.1, 0.15) is 16.1 Å². The van der Waals surface area contributed by atoms with Gasteiger partial charge in [-0.2, -0.15) is 5.10 Å². The molecule has 0 N–H and O–H groups in total. The van der Waals surface area contributed by atoms with Crippen LogP contribution in [-0.2, 0) is 13.5 Å². The molecule has 2 rings (SSSR count). The summed E-state index contributed by atoms with van der Waals surface area (Å²) < 4.78 is 2.22. The van der Waals surface area contributed by atoms with Crippen molar-refractivity contribution in [1.29, 1.82) is 0 Å². The van der Waals surface area contributed by atoms with E-state index in [4.69, 9.17) is 23.2 Å². The fraction of sp³-hybridized carbons (Fsp3) is 0.167. The summed E-state index contributed by atoms with van der Waals surface area (Å²) in [6, 6.07) is 5.10. The number of Topliss-reactive ketones (excluding diaryl/α,β-unsaturated/α-hetero) is 1. The number of rotatable bonds is 3. The monoisotopic (exact) mass is 346 g/mol. The van der Waals surface area contributed by atoms with Crippen LogP contribution < -0.4 is 0 Å². The molecule has 0 fully saturated rings. The second kappa shape index (κ2) is 5.43. The Balaban J connectivity index is 2.27. The molecule has 0 aliphatic carbocycles. The van der Waals surface area contributed by atoms with Gasteiger partial charge in [-0.05, 0) is 33.6 Å². The molecular weight excluding hydrogens is 339 g/mol. The van der Waals surface area contributed by atoms with Gasteiger partial charge in [0.1, 0.15) is 5.69 Å². The zero-order valence-corrected chi connectivity index (χ0v) is 12.6. The summed E-state index contributed by atoms with van der Waals surface area (Å²) >= 11 is 15.2. The summed E-state index contributed by atoms with van der Waals surface area (Å²) in [4.78, 5) is 12.2. The standard InChI is InChI=1S/C12H9BrCl2N2O/c1-17-12(9(13)6-16-17)11(18)4-7-2-3-8(14)5-10(7)15/h2-3,5-6H,4H2,1H3. The molecule has 1 aromatic heterocycles. The summed E-state index contributed by atoms with van der Waals surface area (Å²) in [5.74, 6) is -0.0499. The smallest absolute Gasteiger partial charge is 0.186 e. The number of carbonyl (C=O) groups excluding carboxylic acids is 1.